The molecule has 20 heavy (non-hydrogen) atoms. The van der Waals surface area contributed by atoms with Crippen molar-refractivity contribution in [2.45, 2.75) is 6.18 Å². The van der Waals surface area contributed by atoms with Crippen LogP contribution in [0.3, 0.4) is 0 Å². The van der Waals surface area contributed by atoms with Gasteiger partial charge in [-0.3, -0.25) is 0 Å². The summed E-state index contributed by atoms with van der Waals surface area (Å²) >= 11 is 0. The van der Waals surface area contributed by atoms with E-state index in [1.807, 2.05) is 0 Å². The van der Waals surface area contributed by atoms with Gasteiger partial charge in [0.05, 0.1) is 12.7 Å². The lowest BCUT2D eigenvalue weighted by Gasteiger charge is -2.10. The Morgan fingerprint density at radius 2 is 2.05 bits per heavy atom. The average Bonchev–Trinajstić information content (AvgIpc) is 2.86. The quantitative estimate of drug-likeness (QED) is 0.939. The Hall–Kier alpha value is -2.51. The Kier molecular flexibility index (Phi) is 3.39. The lowest BCUT2D eigenvalue weighted by Crippen LogP contribution is -2.05. The van der Waals surface area contributed by atoms with Crippen LogP contribution in [-0.4, -0.2) is 23.3 Å². The summed E-state index contributed by atoms with van der Waals surface area (Å²) in [6, 6.07) is 3.84. The average molecular weight is 287 g/mol. The molecule has 5 nitrogen and oxygen atoms in total. The molecular weight excluding hydrogens is 279 g/mol. The number of carboxylic acid groups (broad SMARTS) is 1. The third-order valence-corrected chi connectivity index (χ3v) is 2.52. The minimum atomic E-state index is -4.53. The molecule has 0 aliphatic heterocycles. The maximum Gasteiger partial charge on any atom is 0.416 e. The molecule has 0 unspecified atom stereocenters. The number of methoxy groups -OCH3 is 1. The monoisotopic (exact) mass is 287 g/mol. The summed E-state index contributed by atoms with van der Waals surface area (Å²) in [6.45, 7) is 0. The molecule has 0 radical (unpaired) electrons. The maximum atomic E-state index is 12.7. The van der Waals surface area contributed by atoms with Crippen LogP contribution in [0, 0.1) is 0 Å². The van der Waals surface area contributed by atoms with Crippen LogP contribution >= 0.6 is 0 Å². The molecule has 1 N–H and O–H groups in total. The predicted octanol–water partition coefficient (Wildman–Crippen LogP) is 3.07. The van der Waals surface area contributed by atoms with Gasteiger partial charge in [0.25, 0.3) is 0 Å². The number of aromatic carboxylic acids is 1. The summed E-state index contributed by atoms with van der Waals surface area (Å²) in [5.74, 6) is -1.71. The summed E-state index contributed by atoms with van der Waals surface area (Å²) in [7, 11) is 1.28. The SMILES string of the molecule is COc1ccc(C(F)(F)F)cc1-c1cc(C(=O)O)on1. The molecule has 106 valence electrons. The molecule has 2 aromatic rings. The lowest BCUT2D eigenvalue weighted by atomic mass is 10.1. The first-order valence-electron chi connectivity index (χ1n) is 5.28. The number of carboxylic acids is 1. The van der Waals surface area contributed by atoms with E-state index in [-0.39, 0.29) is 17.0 Å². The van der Waals surface area contributed by atoms with Crippen molar-refractivity contribution in [3.63, 3.8) is 0 Å². The van der Waals surface area contributed by atoms with Gasteiger partial charge in [-0.15, -0.1) is 0 Å². The smallest absolute Gasteiger partial charge is 0.416 e. The Bertz CT molecular complexity index is 648. The fraction of sp³-hybridized carbons (Fsp3) is 0.167. The zero-order valence-corrected chi connectivity index (χ0v) is 10.1. The number of hydrogen-bond acceptors (Lipinski definition) is 4. The van der Waals surface area contributed by atoms with Gasteiger partial charge >= 0.3 is 12.1 Å². The van der Waals surface area contributed by atoms with Crippen molar-refractivity contribution in [3.8, 4) is 17.0 Å². The van der Waals surface area contributed by atoms with Gasteiger partial charge in [-0.05, 0) is 18.2 Å². The first kappa shape index (κ1) is 13.9. The van der Waals surface area contributed by atoms with Crippen molar-refractivity contribution in [1.82, 2.24) is 5.16 Å². The number of benzene rings is 1. The van der Waals surface area contributed by atoms with Crippen molar-refractivity contribution < 1.29 is 32.3 Å². The Morgan fingerprint density at radius 3 is 2.55 bits per heavy atom. The van der Waals surface area contributed by atoms with Crippen molar-refractivity contribution >= 4 is 5.97 Å². The van der Waals surface area contributed by atoms with Crippen LogP contribution in [0.4, 0.5) is 13.2 Å². The van der Waals surface area contributed by atoms with Crippen molar-refractivity contribution in [2.75, 3.05) is 7.11 Å². The highest BCUT2D eigenvalue weighted by Crippen LogP contribution is 2.36. The van der Waals surface area contributed by atoms with Gasteiger partial charge in [0.1, 0.15) is 11.4 Å². The van der Waals surface area contributed by atoms with E-state index in [0.29, 0.717) is 0 Å². The number of alkyl halides is 3. The number of carbonyl (C=O) groups is 1. The zero-order valence-electron chi connectivity index (χ0n) is 10.1. The van der Waals surface area contributed by atoms with Crippen LogP contribution in [0.5, 0.6) is 5.75 Å². The second-order valence-electron chi connectivity index (χ2n) is 3.79. The van der Waals surface area contributed by atoms with Crippen molar-refractivity contribution in [1.29, 1.82) is 0 Å². The van der Waals surface area contributed by atoms with Gasteiger partial charge in [-0.2, -0.15) is 13.2 Å². The van der Waals surface area contributed by atoms with Crippen LogP contribution in [0.2, 0.25) is 0 Å². The number of aromatic nitrogens is 1. The predicted molar refractivity (Wildman–Crippen MR) is 60.5 cm³/mol. The first-order chi connectivity index (χ1) is 9.32. The molecule has 0 aliphatic rings. The highest BCUT2D eigenvalue weighted by molar-refractivity contribution is 5.86. The molecule has 0 saturated carbocycles. The summed E-state index contributed by atoms with van der Waals surface area (Å²) in [5.41, 5.74) is -0.947. The number of hydrogen-bond donors (Lipinski definition) is 1. The topological polar surface area (TPSA) is 72.6 Å². The van der Waals surface area contributed by atoms with Crippen LogP contribution in [-0.2, 0) is 6.18 Å². The van der Waals surface area contributed by atoms with Gasteiger partial charge in [0.2, 0.25) is 5.76 Å². The molecule has 0 spiro atoms. The van der Waals surface area contributed by atoms with Gasteiger partial charge in [-0.1, -0.05) is 5.16 Å². The van der Waals surface area contributed by atoms with E-state index in [1.165, 1.54) is 7.11 Å². The number of rotatable bonds is 3. The van der Waals surface area contributed by atoms with E-state index in [0.717, 1.165) is 24.3 Å². The van der Waals surface area contributed by atoms with E-state index < -0.39 is 23.5 Å². The summed E-state index contributed by atoms with van der Waals surface area (Å²) in [4.78, 5) is 10.7. The van der Waals surface area contributed by atoms with E-state index in [2.05, 4.69) is 9.68 Å². The van der Waals surface area contributed by atoms with Crippen LogP contribution in [0.15, 0.2) is 28.8 Å². The highest BCUT2D eigenvalue weighted by atomic mass is 19.4. The minimum absolute atomic E-state index is 0.00132. The van der Waals surface area contributed by atoms with E-state index in [9.17, 15) is 18.0 Å². The number of nitrogens with zero attached hydrogens (tertiary/aromatic N) is 1. The number of halogens is 3. The summed E-state index contributed by atoms with van der Waals surface area (Å²) in [6.07, 6.45) is -4.53. The first-order valence-corrected chi connectivity index (χ1v) is 5.28. The Balaban J connectivity index is 2.55. The molecule has 1 aromatic heterocycles. The molecule has 0 bridgehead atoms. The molecule has 0 amide bonds. The van der Waals surface area contributed by atoms with Crippen LogP contribution in [0.25, 0.3) is 11.3 Å². The second-order valence-corrected chi connectivity index (χ2v) is 3.79. The van der Waals surface area contributed by atoms with Gasteiger partial charge < -0.3 is 14.4 Å². The second kappa shape index (κ2) is 4.87. The van der Waals surface area contributed by atoms with Crippen molar-refractivity contribution in [2.24, 2.45) is 0 Å². The normalized spacial score (nSPS) is 11.4. The fourth-order valence-corrected chi connectivity index (χ4v) is 1.59. The third kappa shape index (κ3) is 2.58. The molecule has 1 aromatic carbocycles. The molecule has 8 heteroatoms. The summed E-state index contributed by atoms with van der Waals surface area (Å²) in [5, 5.41) is 12.1. The largest absolute Gasteiger partial charge is 0.496 e. The third-order valence-electron chi connectivity index (χ3n) is 2.52. The molecule has 0 aliphatic carbocycles. The lowest BCUT2D eigenvalue weighted by molar-refractivity contribution is -0.137. The molecule has 2 rings (SSSR count). The maximum absolute atomic E-state index is 12.7. The molecule has 1 heterocycles. The zero-order chi connectivity index (χ0) is 14.9. The van der Waals surface area contributed by atoms with Gasteiger partial charge in [-0.25, -0.2) is 4.79 Å². The van der Waals surface area contributed by atoms with Crippen LogP contribution in [0.1, 0.15) is 16.1 Å². The molecule has 0 saturated heterocycles. The van der Waals surface area contributed by atoms with Crippen LogP contribution < -0.4 is 4.74 Å². The van der Waals surface area contributed by atoms with E-state index in [1.54, 1.807) is 0 Å². The molecule has 0 fully saturated rings. The van der Waals surface area contributed by atoms with Crippen molar-refractivity contribution in [3.05, 3.63) is 35.6 Å². The summed E-state index contributed by atoms with van der Waals surface area (Å²) < 4.78 is 47.5. The van der Waals surface area contributed by atoms with E-state index >= 15 is 0 Å². The van der Waals surface area contributed by atoms with Gasteiger partial charge in [0, 0.05) is 11.6 Å². The highest BCUT2D eigenvalue weighted by Gasteiger charge is 2.31. The van der Waals surface area contributed by atoms with Gasteiger partial charge in [0.15, 0.2) is 0 Å². The Morgan fingerprint density at radius 1 is 1.35 bits per heavy atom. The Labute approximate surface area is 110 Å². The van der Waals surface area contributed by atoms with E-state index in [4.69, 9.17) is 9.84 Å². The fourth-order valence-electron chi connectivity index (χ4n) is 1.59. The number of ether oxygens (including phenoxy) is 1. The minimum Gasteiger partial charge on any atom is -0.496 e. The molecule has 0 atom stereocenters. The molecular formula is C12H8F3NO4. The standard InChI is InChI=1S/C12H8F3NO4/c1-19-9-3-2-6(12(13,14)15)4-7(9)8-5-10(11(17)18)20-16-8/h2-5H,1H3,(H,17,18).